The molecule has 116 valence electrons. The summed E-state index contributed by atoms with van der Waals surface area (Å²) in [6.07, 6.45) is 2.88. The monoisotopic (exact) mass is 290 g/mol. The van der Waals surface area contributed by atoms with Gasteiger partial charge in [0.05, 0.1) is 12.6 Å². The maximum Gasteiger partial charge on any atom is 0.238 e. The van der Waals surface area contributed by atoms with Crippen molar-refractivity contribution in [2.75, 3.05) is 25.0 Å². The summed E-state index contributed by atoms with van der Waals surface area (Å²) in [6, 6.07) is 8.06. The van der Waals surface area contributed by atoms with Gasteiger partial charge >= 0.3 is 0 Å². The molecule has 0 spiro atoms. The molecule has 1 aliphatic rings. The average Bonchev–Trinajstić information content (AvgIpc) is 2.90. The van der Waals surface area contributed by atoms with E-state index in [4.69, 9.17) is 0 Å². The molecule has 4 nitrogen and oxygen atoms in total. The molecule has 0 radical (unpaired) electrons. The molecule has 0 aromatic heterocycles. The third-order valence-corrected chi connectivity index (χ3v) is 4.13. The highest BCUT2D eigenvalue weighted by atomic mass is 16.3. The zero-order valence-electron chi connectivity index (χ0n) is 13.0. The summed E-state index contributed by atoms with van der Waals surface area (Å²) >= 11 is 0. The molecule has 1 amide bonds. The highest BCUT2D eigenvalue weighted by Gasteiger charge is 2.26. The lowest BCUT2D eigenvalue weighted by atomic mass is 10.0. The van der Waals surface area contributed by atoms with E-state index in [1.807, 2.05) is 19.1 Å². The summed E-state index contributed by atoms with van der Waals surface area (Å²) < 4.78 is 0. The molecule has 1 aromatic rings. The zero-order valence-corrected chi connectivity index (χ0v) is 13.0. The van der Waals surface area contributed by atoms with Gasteiger partial charge in [0.2, 0.25) is 5.91 Å². The van der Waals surface area contributed by atoms with E-state index in [0.29, 0.717) is 12.5 Å². The number of carbonyl (C=O) groups is 1. The van der Waals surface area contributed by atoms with Crippen molar-refractivity contribution < 1.29 is 9.90 Å². The van der Waals surface area contributed by atoms with Gasteiger partial charge in [0.1, 0.15) is 0 Å². The van der Waals surface area contributed by atoms with Crippen molar-refractivity contribution in [3.8, 4) is 0 Å². The molecule has 1 aliphatic heterocycles. The van der Waals surface area contributed by atoms with Gasteiger partial charge in [-0.15, -0.1) is 0 Å². The van der Waals surface area contributed by atoms with Gasteiger partial charge in [-0.2, -0.15) is 0 Å². The van der Waals surface area contributed by atoms with Crippen molar-refractivity contribution >= 4 is 11.6 Å². The lowest BCUT2D eigenvalue weighted by molar-refractivity contribution is -0.117. The number of rotatable bonds is 6. The first kappa shape index (κ1) is 16.0. The molecule has 0 saturated carbocycles. The average molecular weight is 290 g/mol. The molecule has 2 unspecified atom stereocenters. The topological polar surface area (TPSA) is 52.6 Å². The number of nitrogens with one attached hydrogen (secondary N) is 1. The summed E-state index contributed by atoms with van der Waals surface area (Å²) in [6.45, 7) is 6.08. The van der Waals surface area contributed by atoms with Crippen molar-refractivity contribution in [2.24, 2.45) is 5.92 Å². The standard InChI is InChI=1S/C17H26N2O2/c1-3-4-14-5-7-16(8-6-14)18-17(21)12-19-10-9-15(11-19)13(2)20/h5-8,13,15,20H,3-4,9-12H2,1-2H3,(H,18,21). The Kier molecular flexibility index (Phi) is 5.76. The van der Waals surface area contributed by atoms with Crippen molar-refractivity contribution in [3.05, 3.63) is 29.8 Å². The Bertz CT molecular complexity index is 456. The van der Waals surface area contributed by atoms with Crippen molar-refractivity contribution in [1.82, 2.24) is 4.90 Å². The molecule has 1 aromatic carbocycles. The molecule has 1 heterocycles. The lowest BCUT2D eigenvalue weighted by Gasteiger charge is -2.17. The maximum absolute atomic E-state index is 12.0. The van der Waals surface area contributed by atoms with E-state index < -0.39 is 0 Å². The molecule has 2 N–H and O–H groups in total. The number of nitrogens with zero attached hydrogens (tertiary/aromatic N) is 1. The molecule has 0 aliphatic carbocycles. The van der Waals surface area contributed by atoms with Gasteiger partial charge in [0.15, 0.2) is 0 Å². The SMILES string of the molecule is CCCc1ccc(NC(=O)CN2CCC(C(C)O)C2)cc1. The third kappa shape index (κ3) is 4.83. The van der Waals surface area contributed by atoms with Gasteiger partial charge in [0, 0.05) is 12.2 Å². The van der Waals surface area contributed by atoms with Crippen LogP contribution in [0.1, 0.15) is 32.3 Å². The Hall–Kier alpha value is -1.39. The minimum absolute atomic E-state index is 0.0180. The number of hydrogen-bond donors (Lipinski definition) is 2. The number of aliphatic hydroxyl groups is 1. The van der Waals surface area contributed by atoms with Gasteiger partial charge in [-0.25, -0.2) is 0 Å². The number of benzene rings is 1. The first-order chi connectivity index (χ1) is 10.1. The summed E-state index contributed by atoms with van der Waals surface area (Å²) in [7, 11) is 0. The molecule has 2 atom stereocenters. The molecule has 4 heteroatoms. The zero-order chi connectivity index (χ0) is 15.2. The van der Waals surface area contributed by atoms with Gasteiger partial charge in [-0.05, 0) is 49.9 Å². The normalized spacial score (nSPS) is 20.4. The number of aryl methyl sites for hydroxylation is 1. The summed E-state index contributed by atoms with van der Waals surface area (Å²) in [5, 5.41) is 12.5. The molecular formula is C17H26N2O2. The Morgan fingerprint density at radius 1 is 1.43 bits per heavy atom. The number of carbonyl (C=O) groups excluding carboxylic acids is 1. The predicted molar refractivity (Wildman–Crippen MR) is 85.3 cm³/mol. The molecule has 21 heavy (non-hydrogen) atoms. The quantitative estimate of drug-likeness (QED) is 0.845. The van der Waals surface area contributed by atoms with Crippen LogP contribution in [0.2, 0.25) is 0 Å². The number of hydrogen-bond acceptors (Lipinski definition) is 3. The number of anilines is 1. The molecule has 0 bridgehead atoms. The fourth-order valence-electron chi connectivity index (χ4n) is 2.85. The Balaban J connectivity index is 1.79. The lowest BCUT2D eigenvalue weighted by Crippen LogP contribution is -2.32. The number of amides is 1. The van der Waals surface area contributed by atoms with Crippen molar-refractivity contribution in [1.29, 1.82) is 0 Å². The Morgan fingerprint density at radius 2 is 2.14 bits per heavy atom. The smallest absolute Gasteiger partial charge is 0.238 e. The van der Waals surface area contributed by atoms with Gasteiger partial charge in [-0.3, -0.25) is 9.69 Å². The number of aliphatic hydroxyl groups excluding tert-OH is 1. The van der Waals surface area contributed by atoms with Gasteiger partial charge in [-0.1, -0.05) is 25.5 Å². The minimum Gasteiger partial charge on any atom is -0.393 e. The van der Waals surface area contributed by atoms with Crippen LogP contribution < -0.4 is 5.32 Å². The molecule has 2 rings (SSSR count). The highest BCUT2D eigenvalue weighted by Crippen LogP contribution is 2.19. The van der Waals surface area contributed by atoms with Crippen LogP contribution in [-0.2, 0) is 11.2 Å². The second kappa shape index (κ2) is 7.57. The summed E-state index contributed by atoms with van der Waals surface area (Å²) in [4.78, 5) is 14.1. The second-order valence-corrected chi connectivity index (χ2v) is 6.02. The third-order valence-electron chi connectivity index (χ3n) is 4.13. The van der Waals surface area contributed by atoms with Crippen LogP contribution in [0.3, 0.4) is 0 Å². The van der Waals surface area contributed by atoms with Gasteiger partial charge < -0.3 is 10.4 Å². The van der Waals surface area contributed by atoms with Crippen molar-refractivity contribution in [2.45, 2.75) is 39.2 Å². The fourth-order valence-corrected chi connectivity index (χ4v) is 2.85. The summed E-state index contributed by atoms with van der Waals surface area (Å²) in [5.41, 5.74) is 2.15. The predicted octanol–water partition coefficient (Wildman–Crippen LogP) is 2.28. The van der Waals surface area contributed by atoms with Crippen LogP contribution in [-0.4, -0.2) is 41.7 Å². The van der Waals surface area contributed by atoms with E-state index in [-0.39, 0.29) is 12.0 Å². The molecular weight excluding hydrogens is 264 g/mol. The van der Waals surface area contributed by atoms with Crippen LogP contribution >= 0.6 is 0 Å². The van der Waals surface area contributed by atoms with Crippen molar-refractivity contribution in [3.63, 3.8) is 0 Å². The largest absolute Gasteiger partial charge is 0.393 e. The van der Waals surface area contributed by atoms with E-state index in [2.05, 4.69) is 29.3 Å². The van der Waals surface area contributed by atoms with E-state index in [9.17, 15) is 9.90 Å². The van der Waals surface area contributed by atoms with E-state index in [1.165, 1.54) is 5.56 Å². The minimum atomic E-state index is -0.288. The van der Waals surface area contributed by atoms with Crippen LogP contribution in [0, 0.1) is 5.92 Å². The first-order valence-corrected chi connectivity index (χ1v) is 7.87. The second-order valence-electron chi connectivity index (χ2n) is 6.02. The van der Waals surface area contributed by atoms with E-state index in [1.54, 1.807) is 0 Å². The van der Waals surface area contributed by atoms with E-state index in [0.717, 1.165) is 38.0 Å². The van der Waals surface area contributed by atoms with Crippen LogP contribution in [0.25, 0.3) is 0 Å². The van der Waals surface area contributed by atoms with Gasteiger partial charge in [0.25, 0.3) is 0 Å². The highest BCUT2D eigenvalue weighted by molar-refractivity contribution is 5.92. The number of likely N-dealkylation sites (tertiary alicyclic amines) is 1. The first-order valence-electron chi connectivity index (χ1n) is 7.87. The Labute approximate surface area is 127 Å². The van der Waals surface area contributed by atoms with Crippen LogP contribution in [0.4, 0.5) is 5.69 Å². The maximum atomic E-state index is 12.0. The summed E-state index contributed by atoms with van der Waals surface area (Å²) in [5.74, 6) is 0.315. The Morgan fingerprint density at radius 3 is 2.71 bits per heavy atom. The molecule has 1 saturated heterocycles. The van der Waals surface area contributed by atoms with Crippen LogP contribution in [0.5, 0.6) is 0 Å². The van der Waals surface area contributed by atoms with Crippen LogP contribution in [0.15, 0.2) is 24.3 Å². The fraction of sp³-hybridized carbons (Fsp3) is 0.588. The van der Waals surface area contributed by atoms with E-state index >= 15 is 0 Å². The molecule has 1 fully saturated rings.